The second-order valence-electron chi connectivity index (χ2n) is 6.32. The molecular formula is C17H22ClN3. The third-order valence-electron chi connectivity index (χ3n) is 4.56. The SMILES string of the molecule is N#Cc1ccc(CN2CCC(CNC3CC3)CC2)c(Cl)c1. The maximum absolute atomic E-state index is 8.87. The molecule has 1 aliphatic carbocycles. The summed E-state index contributed by atoms with van der Waals surface area (Å²) in [5.41, 5.74) is 1.76. The summed E-state index contributed by atoms with van der Waals surface area (Å²) in [7, 11) is 0. The Morgan fingerprint density at radius 1 is 1.24 bits per heavy atom. The Morgan fingerprint density at radius 3 is 2.62 bits per heavy atom. The fraction of sp³-hybridized carbons (Fsp3) is 0.588. The number of likely N-dealkylation sites (tertiary alicyclic amines) is 1. The van der Waals surface area contributed by atoms with E-state index in [-0.39, 0.29) is 0 Å². The number of halogens is 1. The van der Waals surface area contributed by atoms with E-state index in [1.54, 1.807) is 6.07 Å². The molecule has 0 spiro atoms. The van der Waals surface area contributed by atoms with Crippen LogP contribution in [-0.2, 0) is 6.54 Å². The van der Waals surface area contributed by atoms with Gasteiger partial charge in [-0.3, -0.25) is 4.90 Å². The fourth-order valence-electron chi connectivity index (χ4n) is 2.96. The van der Waals surface area contributed by atoms with Gasteiger partial charge >= 0.3 is 0 Å². The van der Waals surface area contributed by atoms with E-state index in [0.29, 0.717) is 10.6 Å². The summed E-state index contributed by atoms with van der Waals surface area (Å²) >= 11 is 6.26. The Balaban J connectivity index is 1.47. The van der Waals surface area contributed by atoms with Crippen LogP contribution >= 0.6 is 11.6 Å². The second-order valence-corrected chi connectivity index (χ2v) is 6.73. The monoisotopic (exact) mass is 303 g/mol. The smallest absolute Gasteiger partial charge is 0.0992 e. The maximum Gasteiger partial charge on any atom is 0.0992 e. The molecule has 1 aliphatic heterocycles. The number of nitrogens with one attached hydrogen (secondary N) is 1. The van der Waals surface area contributed by atoms with Crippen molar-refractivity contribution in [2.75, 3.05) is 19.6 Å². The molecule has 2 fully saturated rings. The fourth-order valence-corrected chi connectivity index (χ4v) is 3.20. The third kappa shape index (κ3) is 4.20. The van der Waals surface area contributed by atoms with Crippen molar-refractivity contribution in [3.63, 3.8) is 0 Å². The molecule has 1 saturated carbocycles. The first-order chi connectivity index (χ1) is 10.2. The first kappa shape index (κ1) is 14.8. The lowest BCUT2D eigenvalue weighted by atomic mass is 9.96. The molecule has 2 aliphatic rings. The highest BCUT2D eigenvalue weighted by molar-refractivity contribution is 6.31. The zero-order chi connectivity index (χ0) is 14.7. The number of hydrogen-bond acceptors (Lipinski definition) is 3. The molecule has 0 unspecified atom stereocenters. The molecule has 112 valence electrons. The molecule has 0 atom stereocenters. The molecule has 3 nitrogen and oxygen atoms in total. The van der Waals surface area contributed by atoms with Gasteiger partial charge in [0.25, 0.3) is 0 Å². The molecule has 0 radical (unpaired) electrons. The maximum atomic E-state index is 8.87. The van der Waals surface area contributed by atoms with Gasteiger partial charge in [0.1, 0.15) is 0 Å². The van der Waals surface area contributed by atoms with E-state index in [2.05, 4.69) is 16.3 Å². The second kappa shape index (κ2) is 6.79. The van der Waals surface area contributed by atoms with E-state index < -0.39 is 0 Å². The van der Waals surface area contributed by atoms with Crippen molar-refractivity contribution in [2.24, 2.45) is 5.92 Å². The lowest BCUT2D eigenvalue weighted by molar-refractivity contribution is 0.175. The molecule has 3 rings (SSSR count). The Kier molecular flexibility index (Phi) is 4.80. The van der Waals surface area contributed by atoms with Crippen LogP contribution in [0, 0.1) is 17.2 Å². The van der Waals surface area contributed by atoms with Crippen LogP contribution < -0.4 is 5.32 Å². The summed E-state index contributed by atoms with van der Waals surface area (Å²) in [6.45, 7) is 4.38. The van der Waals surface area contributed by atoms with Crippen LogP contribution in [0.15, 0.2) is 18.2 Å². The van der Waals surface area contributed by atoms with Gasteiger partial charge in [0.05, 0.1) is 11.6 Å². The highest BCUT2D eigenvalue weighted by atomic mass is 35.5. The Morgan fingerprint density at radius 2 is 2.00 bits per heavy atom. The van der Waals surface area contributed by atoms with Crippen LogP contribution in [0.3, 0.4) is 0 Å². The van der Waals surface area contributed by atoms with Crippen molar-refractivity contribution in [1.82, 2.24) is 10.2 Å². The predicted octanol–water partition coefficient (Wildman–Crippen LogP) is 3.18. The van der Waals surface area contributed by atoms with Gasteiger partial charge in [0.2, 0.25) is 0 Å². The van der Waals surface area contributed by atoms with E-state index in [4.69, 9.17) is 16.9 Å². The van der Waals surface area contributed by atoms with Gasteiger partial charge in [-0.05, 0) is 68.9 Å². The zero-order valence-corrected chi connectivity index (χ0v) is 13.1. The van der Waals surface area contributed by atoms with Crippen molar-refractivity contribution in [3.8, 4) is 6.07 Å². The molecule has 21 heavy (non-hydrogen) atoms. The van der Waals surface area contributed by atoms with Gasteiger partial charge in [0.15, 0.2) is 0 Å². The average molecular weight is 304 g/mol. The van der Waals surface area contributed by atoms with E-state index in [1.807, 2.05) is 12.1 Å². The minimum absolute atomic E-state index is 0.633. The van der Waals surface area contributed by atoms with Crippen molar-refractivity contribution in [2.45, 2.75) is 38.3 Å². The summed E-state index contributed by atoms with van der Waals surface area (Å²) in [4.78, 5) is 2.47. The molecule has 1 N–H and O–H groups in total. The summed E-state index contributed by atoms with van der Waals surface area (Å²) in [6.07, 6.45) is 5.29. The molecule has 1 aromatic carbocycles. The van der Waals surface area contributed by atoms with Gasteiger partial charge in [-0.2, -0.15) is 5.26 Å². The molecular weight excluding hydrogens is 282 g/mol. The number of rotatable bonds is 5. The van der Waals surface area contributed by atoms with Crippen molar-refractivity contribution in [3.05, 3.63) is 34.3 Å². The standard InChI is InChI=1S/C17H22ClN3/c18-17-9-14(10-19)1-2-15(17)12-21-7-5-13(6-8-21)11-20-16-3-4-16/h1-2,9,13,16,20H,3-8,11-12H2. The van der Waals surface area contributed by atoms with Gasteiger partial charge in [0, 0.05) is 17.6 Å². The van der Waals surface area contributed by atoms with Crippen molar-refractivity contribution < 1.29 is 0 Å². The minimum atomic E-state index is 0.633. The van der Waals surface area contributed by atoms with Gasteiger partial charge in [-0.15, -0.1) is 0 Å². The molecule has 0 aromatic heterocycles. The van der Waals surface area contributed by atoms with E-state index in [1.165, 1.54) is 32.2 Å². The molecule has 0 bridgehead atoms. The molecule has 4 heteroatoms. The number of nitrogens with zero attached hydrogens (tertiary/aromatic N) is 2. The lowest BCUT2D eigenvalue weighted by Crippen LogP contribution is -2.37. The number of piperidine rings is 1. The molecule has 0 amide bonds. The van der Waals surface area contributed by atoms with Gasteiger partial charge < -0.3 is 5.32 Å². The van der Waals surface area contributed by atoms with Crippen molar-refractivity contribution >= 4 is 11.6 Å². The quantitative estimate of drug-likeness (QED) is 0.908. The van der Waals surface area contributed by atoms with E-state index >= 15 is 0 Å². The van der Waals surface area contributed by atoms with Crippen LogP contribution in [0.2, 0.25) is 5.02 Å². The first-order valence-electron chi connectivity index (χ1n) is 7.89. The lowest BCUT2D eigenvalue weighted by Gasteiger charge is -2.32. The van der Waals surface area contributed by atoms with Gasteiger partial charge in [-0.25, -0.2) is 0 Å². The zero-order valence-electron chi connectivity index (χ0n) is 12.3. The van der Waals surface area contributed by atoms with Crippen molar-refractivity contribution in [1.29, 1.82) is 5.26 Å². The Bertz CT molecular complexity index is 525. The summed E-state index contributed by atoms with van der Waals surface area (Å²) in [6, 6.07) is 8.56. The Labute approximate surface area is 131 Å². The molecule has 1 heterocycles. The topological polar surface area (TPSA) is 39.1 Å². The first-order valence-corrected chi connectivity index (χ1v) is 8.26. The Hall–Kier alpha value is -1.08. The van der Waals surface area contributed by atoms with Crippen LogP contribution in [0.1, 0.15) is 36.8 Å². The van der Waals surface area contributed by atoms with E-state index in [9.17, 15) is 0 Å². The van der Waals surface area contributed by atoms with E-state index in [0.717, 1.165) is 37.2 Å². The normalized spacial score (nSPS) is 20.4. The highest BCUT2D eigenvalue weighted by Gasteiger charge is 2.24. The summed E-state index contributed by atoms with van der Waals surface area (Å²) in [5, 5.41) is 13.2. The number of nitriles is 1. The van der Waals surface area contributed by atoms with Crippen LogP contribution in [-0.4, -0.2) is 30.6 Å². The third-order valence-corrected chi connectivity index (χ3v) is 4.91. The van der Waals surface area contributed by atoms with Crippen LogP contribution in [0.25, 0.3) is 0 Å². The summed E-state index contributed by atoms with van der Waals surface area (Å²) in [5.74, 6) is 0.832. The highest BCUT2D eigenvalue weighted by Crippen LogP contribution is 2.24. The summed E-state index contributed by atoms with van der Waals surface area (Å²) < 4.78 is 0. The van der Waals surface area contributed by atoms with Crippen LogP contribution in [0.5, 0.6) is 0 Å². The number of benzene rings is 1. The average Bonchev–Trinajstić information content (AvgIpc) is 3.33. The predicted molar refractivity (Wildman–Crippen MR) is 85.2 cm³/mol. The number of hydrogen-bond donors (Lipinski definition) is 1. The van der Waals surface area contributed by atoms with Crippen LogP contribution in [0.4, 0.5) is 0 Å². The van der Waals surface area contributed by atoms with Gasteiger partial charge in [-0.1, -0.05) is 17.7 Å². The largest absolute Gasteiger partial charge is 0.314 e. The molecule has 1 saturated heterocycles. The molecule has 1 aromatic rings. The minimum Gasteiger partial charge on any atom is -0.314 e.